The van der Waals surface area contributed by atoms with E-state index in [0.29, 0.717) is 23.6 Å². The lowest BCUT2D eigenvalue weighted by Crippen LogP contribution is -2.30. The summed E-state index contributed by atoms with van der Waals surface area (Å²) in [6.45, 7) is 2.44. The van der Waals surface area contributed by atoms with Crippen LogP contribution in [0.4, 0.5) is 4.79 Å². The molecule has 1 aromatic carbocycles. The van der Waals surface area contributed by atoms with Crippen LogP contribution in [0.2, 0.25) is 5.02 Å². The number of primary amides is 1. The second-order valence-electron chi connectivity index (χ2n) is 3.74. The molecule has 0 bridgehead atoms. The lowest BCUT2D eigenvalue weighted by atomic mass is 10.1. The van der Waals surface area contributed by atoms with Crippen molar-refractivity contribution in [2.24, 2.45) is 5.73 Å². The van der Waals surface area contributed by atoms with E-state index in [-0.39, 0.29) is 6.61 Å². The van der Waals surface area contributed by atoms with Crippen LogP contribution in [0.5, 0.6) is 0 Å². The summed E-state index contributed by atoms with van der Waals surface area (Å²) in [6.07, 6.45) is 0.508. The van der Waals surface area contributed by atoms with Gasteiger partial charge in [-0.15, -0.1) is 0 Å². The summed E-state index contributed by atoms with van der Waals surface area (Å²) in [4.78, 5) is 22.0. The third-order valence-electron chi connectivity index (χ3n) is 2.26. The Morgan fingerprint density at radius 3 is 2.78 bits per heavy atom. The maximum Gasteiger partial charge on any atom is 0.338 e. The van der Waals surface area contributed by atoms with Gasteiger partial charge < -0.3 is 15.8 Å². The first-order chi connectivity index (χ1) is 8.50. The van der Waals surface area contributed by atoms with Gasteiger partial charge in [0, 0.05) is 11.6 Å². The average Bonchev–Trinajstić information content (AvgIpc) is 2.31. The Hall–Kier alpha value is -1.75. The highest BCUT2D eigenvalue weighted by Gasteiger charge is 2.08. The standard InChI is InChI=1S/C12H15ClN2O3/c1-8-3-4-9(7-10(8)13)11(16)18-6-2-5-15-12(14)17/h3-4,7H,2,5-6H2,1H3,(H3,14,15,17). The summed E-state index contributed by atoms with van der Waals surface area (Å²) >= 11 is 5.91. The first-order valence-electron chi connectivity index (χ1n) is 5.47. The van der Waals surface area contributed by atoms with E-state index < -0.39 is 12.0 Å². The van der Waals surface area contributed by atoms with Crippen LogP contribution < -0.4 is 11.1 Å². The molecule has 0 fully saturated rings. The molecule has 0 aliphatic carbocycles. The van der Waals surface area contributed by atoms with Gasteiger partial charge in [-0.05, 0) is 31.0 Å². The highest BCUT2D eigenvalue weighted by atomic mass is 35.5. The molecule has 1 rings (SSSR count). The lowest BCUT2D eigenvalue weighted by Gasteiger charge is -2.06. The molecule has 0 saturated carbocycles. The van der Waals surface area contributed by atoms with Crippen LogP contribution in [0.25, 0.3) is 0 Å². The van der Waals surface area contributed by atoms with E-state index in [2.05, 4.69) is 5.32 Å². The molecule has 0 saturated heterocycles. The van der Waals surface area contributed by atoms with Gasteiger partial charge in [0.1, 0.15) is 0 Å². The molecule has 3 N–H and O–H groups in total. The van der Waals surface area contributed by atoms with Crippen molar-refractivity contribution in [3.8, 4) is 0 Å². The number of esters is 1. The van der Waals surface area contributed by atoms with Crippen LogP contribution in [0.15, 0.2) is 18.2 Å². The molecule has 0 radical (unpaired) electrons. The minimum Gasteiger partial charge on any atom is -0.462 e. The number of hydrogen-bond donors (Lipinski definition) is 2. The molecular weight excluding hydrogens is 256 g/mol. The van der Waals surface area contributed by atoms with Crippen molar-refractivity contribution in [2.75, 3.05) is 13.2 Å². The molecule has 98 valence electrons. The van der Waals surface area contributed by atoms with Gasteiger partial charge in [0.05, 0.1) is 12.2 Å². The molecule has 0 atom stereocenters. The van der Waals surface area contributed by atoms with Crippen LogP contribution in [0.3, 0.4) is 0 Å². The third kappa shape index (κ3) is 4.63. The molecule has 0 aromatic heterocycles. The number of benzene rings is 1. The molecular formula is C12H15ClN2O3. The Balaban J connectivity index is 2.36. The molecule has 2 amide bonds. The predicted octanol–water partition coefficient (Wildman–Crippen LogP) is 1.86. The second-order valence-corrected chi connectivity index (χ2v) is 4.15. The Bertz CT molecular complexity index is 449. The normalized spacial score (nSPS) is 9.89. The van der Waals surface area contributed by atoms with Crippen LogP contribution in [0, 0.1) is 6.92 Å². The fourth-order valence-corrected chi connectivity index (χ4v) is 1.43. The second kappa shape index (κ2) is 6.86. The topological polar surface area (TPSA) is 81.4 Å². The van der Waals surface area contributed by atoms with Crippen LogP contribution >= 0.6 is 11.6 Å². The zero-order valence-corrected chi connectivity index (χ0v) is 10.8. The van der Waals surface area contributed by atoms with Gasteiger partial charge in [-0.3, -0.25) is 0 Å². The van der Waals surface area contributed by atoms with Gasteiger partial charge in [0.15, 0.2) is 0 Å². The summed E-state index contributed by atoms with van der Waals surface area (Å²) in [5, 5.41) is 2.93. The van der Waals surface area contributed by atoms with Crippen LogP contribution in [-0.2, 0) is 4.74 Å². The van der Waals surface area contributed by atoms with Crippen molar-refractivity contribution >= 4 is 23.6 Å². The zero-order chi connectivity index (χ0) is 13.5. The number of carbonyl (C=O) groups excluding carboxylic acids is 2. The van der Waals surface area contributed by atoms with E-state index in [1.807, 2.05) is 6.92 Å². The molecule has 0 aliphatic rings. The van der Waals surface area contributed by atoms with E-state index in [1.165, 1.54) is 0 Å². The minimum absolute atomic E-state index is 0.213. The molecule has 18 heavy (non-hydrogen) atoms. The van der Waals surface area contributed by atoms with Gasteiger partial charge in [-0.1, -0.05) is 17.7 Å². The fraction of sp³-hybridized carbons (Fsp3) is 0.333. The Kier molecular flexibility index (Phi) is 5.45. The SMILES string of the molecule is Cc1ccc(C(=O)OCCCNC(N)=O)cc1Cl. The highest BCUT2D eigenvalue weighted by molar-refractivity contribution is 6.31. The van der Waals surface area contributed by atoms with Crippen molar-refractivity contribution in [3.63, 3.8) is 0 Å². The largest absolute Gasteiger partial charge is 0.462 e. The number of rotatable bonds is 5. The van der Waals surface area contributed by atoms with Gasteiger partial charge in [-0.25, -0.2) is 9.59 Å². The van der Waals surface area contributed by atoms with Crippen molar-refractivity contribution in [1.29, 1.82) is 0 Å². The third-order valence-corrected chi connectivity index (χ3v) is 2.67. The minimum atomic E-state index is -0.591. The maximum atomic E-state index is 11.6. The fourth-order valence-electron chi connectivity index (χ4n) is 1.25. The van der Waals surface area contributed by atoms with E-state index in [1.54, 1.807) is 18.2 Å². The predicted molar refractivity (Wildman–Crippen MR) is 68.7 cm³/mol. The summed E-state index contributed by atoms with van der Waals surface area (Å²) in [5.41, 5.74) is 6.20. The van der Waals surface area contributed by atoms with E-state index >= 15 is 0 Å². The number of ether oxygens (including phenoxy) is 1. The van der Waals surface area contributed by atoms with Crippen molar-refractivity contribution < 1.29 is 14.3 Å². The van der Waals surface area contributed by atoms with Gasteiger partial charge in [0.25, 0.3) is 0 Å². The van der Waals surface area contributed by atoms with E-state index in [9.17, 15) is 9.59 Å². The van der Waals surface area contributed by atoms with Crippen molar-refractivity contribution in [1.82, 2.24) is 5.32 Å². The van der Waals surface area contributed by atoms with Crippen molar-refractivity contribution in [2.45, 2.75) is 13.3 Å². The van der Waals surface area contributed by atoms with Gasteiger partial charge in [0.2, 0.25) is 0 Å². The maximum absolute atomic E-state index is 11.6. The van der Waals surface area contributed by atoms with Gasteiger partial charge in [-0.2, -0.15) is 0 Å². The molecule has 5 nitrogen and oxygen atoms in total. The number of aryl methyl sites for hydroxylation is 1. The summed E-state index contributed by atoms with van der Waals surface area (Å²) < 4.78 is 5.02. The monoisotopic (exact) mass is 270 g/mol. The van der Waals surface area contributed by atoms with Crippen LogP contribution in [-0.4, -0.2) is 25.2 Å². The molecule has 0 unspecified atom stereocenters. The van der Waals surface area contributed by atoms with Crippen molar-refractivity contribution in [3.05, 3.63) is 34.3 Å². The summed E-state index contributed by atoms with van der Waals surface area (Å²) in [6, 6.07) is 4.39. The number of halogens is 1. The molecule has 1 aromatic rings. The Morgan fingerprint density at radius 2 is 2.17 bits per heavy atom. The molecule has 6 heteroatoms. The summed E-state index contributed by atoms with van der Waals surface area (Å²) in [7, 11) is 0. The number of nitrogens with two attached hydrogens (primary N) is 1. The lowest BCUT2D eigenvalue weighted by molar-refractivity contribution is 0.0501. The summed E-state index contributed by atoms with van der Waals surface area (Å²) in [5.74, 6) is -0.434. The first-order valence-corrected chi connectivity index (χ1v) is 5.85. The quantitative estimate of drug-likeness (QED) is 0.633. The Morgan fingerprint density at radius 1 is 1.44 bits per heavy atom. The average molecular weight is 271 g/mol. The number of urea groups is 1. The number of nitrogens with one attached hydrogen (secondary N) is 1. The van der Waals surface area contributed by atoms with E-state index in [0.717, 1.165) is 5.56 Å². The van der Waals surface area contributed by atoms with Gasteiger partial charge >= 0.3 is 12.0 Å². The molecule has 0 heterocycles. The smallest absolute Gasteiger partial charge is 0.338 e. The number of carbonyl (C=O) groups is 2. The highest BCUT2D eigenvalue weighted by Crippen LogP contribution is 2.17. The van der Waals surface area contributed by atoms with Crippen LogP contribution in [0.1, 0.15) is 22.3 Å². The Labute approximate surface area is 110 Å². The zero-order valence-electron chi connectivity index (χ0n) is 10.0. The first kappa shape index (κ1) is 14.3. The molecule has 0 aliphatic heterocycles. The number of hydrogen-bond acceptors (Lipinski definition) is 3. The number of amides is 2. The molecule has 0 spiro atoms. The van der Waals surface area contributed by atoms with E-state index in [4.69, 9.17) is 22.1 Å².